The molecule has 5 nitrogen and oxygen atoms in total. The van der Waals surface area contributed by atoms with Gasteiger partial charge >= 0.3 is 0 Å². The number of nitrogens with one attached hydrogen (secondary N) is 1. The van der Waals surface area contributed by atoms with Crippen molar-refractivity contribution in [3.63, 3.8) is 0 Å². The minimum Gasteiger partial charge on any atom is -0.241 e. The summed E-state index contributed by atoms with van der Waals surface area (Å²) in [6.07, 6.45) is 1.82. The zero-order valence-electron chi connectivity index (χ0n) is 10.6. The van der Waals surface area contributed by atoms with Gasteiger partial charge in [0, 0.05) is 6.20 Å². The summed E-state index contributed by atoms with van der Waals surface area (Å²) >= 11 is 0. The van der Waals surface area contributed by atoms with Crippen molar-refractivity contribution in [1.29, 1.82) is 0 Å². The minimum atomic E-state index is -3.50. The molecule has 0 aliphatic carbocycles. The van der Waals surface area contributed by atoms with Crippen molar-refractivity contribution in [3.8, 4) is 0 Å². The maximum absolute atomic E-state index is 12.1. The van der Waals surface area contributed by atoms with Crippen molar-refractivity contribution in [2.24, 2.45) is 0 Å². The van der Waals surface area contributed by atoms with E-state index in [1.807, 2.05) is 30.5 Å². The third-order valence-electron chi connectivity index (χ3n) is 2.92. The van der Waals surface area contributed by atoms with Gasteiger partial charge in [-0.15, -0.1) is 0 Å². The maximum Gasteiger partial charge on any atom is 0.240 e. The van der Waals surface area contributed by atoms with E-state index in [1.54, 1.807) is 34.8 Å². The van der Waals surface area contributed by atoms with Crippen LogP contribution < -0.4 is 4.72 Å². The van der Waals surface area contributed by atoms with Gasteiger partial charge in [-0.3, -0.25) is 0 Å². The van der Waals surface area contributed by atoms with Crippen LogP contribution >= 0.6 is 0 Å². The second kappa shape index (κ2) is 5.07. The van der Waals surface area contributed by atoms with Gasteiger partial charge in [0.25, 0.3) is 0 Å². The Labute approximate surface area is 116 Å². The molecule has 0 aliphatic rings. The number of benzene rings is 1. The maximum atomic E-state index is 12.1. The number of hydrogen-bond acceptors (Lipinski definition) is 3. The van der Waals surface area contributed by atoms with Crippen LogP contribution in [0.15, 0.2) is 65.7 Å². The van der Waals surface area contributed by atoms with E-state index in [0.29, 0.717) is 5.69 Å². The molecule has 1 aromatic carbocycles. The minimum absolute atomic E-state index is 0.166. The van der Waals surface area contributed by atoms with Crippen molar-refractivity contribution in [1.82, 2.24) is 14.3 Å². The van der Waals surface area contributed by atoms with E-state index < -0.39 is 10.0 Å². The molecule has 0 unspecified atom stereocenters. The largest absolute Gasteiger partial charge is 0.241 e. The average Bonchev–Trinajstić information content (AvgIpc) is 2.89. The van der Waals surface area contributed by atoms with Crippen molar-refractivity contribution in [2.75, 3.05) is 0 Å². The standard InChI is InChI=1S/C14H13N3O2S/c18-20(19,14-7-2-1-3-8-14)15-11-12-10-13-6-4-5-9-17(13)16-12/h1-10,15H,11H2. The molecule has 0 radical (unpaired) electrons. The first-order chi connectivity index (χ1) is 9.65. The molecule has 1 N–H and O–H groups in total. The van der Waals surface area contributed by atoms with Crippen LogP contribution in [0.4, 0.5) is 0 Å². The Morgan fingerprint density at radius 2 is 1.80 bits per heavy atom. The lowest BCUT2D eigenvalue weighted by Crippen LogP contribution is -2.23. The van der Waals surface area contributed by atoms with Gasteiger partial charge < -0.3 is 0 Å². The lowest BCUT2D eigenvalue weighted by Gasteiger charge is -2.04. The molecule has 0 aliphatic heterocycles. The fourth-order valence-corrected chi connectivity index (χ4v) is 2.95. The number of fused-ring (bicyclic) bond motifs is 1. The van der Waals surface area contributed by atoms with Crippen LogP contribution in [0.2, 0.25) is 0 Å². The van der Waals surface area contributed by atoms with E-state index >= 15 is 0 Å². The second-order valence-electron chi connectivity index (χ2n) is 4.34. The van der Waals surface area contributed by atoms with E-state index in [-0.39, 0.29) is 11.4 Å². The zero-order chi connectivity index (χ0) is 14.0. The van der Waals surface area contributed by atoms with Gasteiger partial charge in [0.15, 0.2) is 0 Å². The lowest BCUT2D eigenvalue weighted by atomic mass is 10.3. The highest BCUT2D eigenvalue weighted by Crippen LogP contribution is 2.09. The molecular formula is C14H13N3O2S. The number of sulfonamides is 1. The summed E-state index contributed by atoms with van der Waals surface area (Å²) in [5.74, 6) is 0. The summed E-state index contributed by atoms with van der Waals surface area (Å²) in [4.78, 5) is 0.253. The summed E-state index contributed by atoms with van der Waals surface area (Å²) in [5, 5.41) is 4.30. The predicted molar refractivity (Wildman–Crippen MR) is 75.7 cm³/mol. The average molecular weight is 287 g/mol. The van der Waals surface area contributed by atoms with E-state index in [0.717, 1.165) is 5.52 Å². The molecule has 20 heavy (non-hydrogen) atoms. The SMILES string of the molecule is O=S(=O)(NCc1cc2ccccn2n1)c1ccccc1. The van der Waals surface area contributed by atoms with E-state index in [9.17, 15) is 8.42 Å². The molecule has 0 amide bonds. The molecule has 6 heteroatoms. The third kappa shape index (κ3) is 2.56. The Kier molecular flexibility index (Phi) is 3.25. The Hall–Kier alpha value is -2.18. The van der Waals surface area contributed by atoms with Crippen LogP contribution in [-0.2, 0) is 16.6 Å². The fraction of sp³-hybridized carbons (Fsp3) is 0.0714. The number of rotatable bonds is 4. The van der Waals surface area contributed by atoms with Crippen molar-refractivity contribution < 1.29 is 8.42 Å². The van der Waals surface area contributed by atoms with Gasteiger partial charge in [-0.25, -0.2) is 17.7 Å². The van der Waals surface area contributed by atoms with Gasteiger partial charge in [0.1, 0.15) is 0 Å². The Bertz CT molecular complexity index is 793. The normalized spacial score (nSPS) is 11.8. The third-order valence-corrected chi connectivity index (χ3v) is 4.33. The van der Waals surface area contributed by atoms with Gasteiger partial charge in [0.2, 0.25) is 10.0 Å². The molecule has 3 aromatic rings. The van der Waals surface area contributed by atoms with Crippen LogP contribution in [0, 0.1) is 0 Å². The first-order valence-corrected chi connectivity index (χ1v) is 7.61. The molecule has 2 aromatic heterocycles. The first kappa shape index (κ1) is 12.8. The molecular weight excluding hydrogens is 274 g/mol. The number of aromatic nitrogens is 2. The summed E-state index contributed by atoms with van der Waals surface area (Å²) in [7, 11) is -3.50. The first-order valence-electron chi connectivity index (χ1n) is 6.13. The molecule has 2 heterocycles. The molecule has 0 atom stereocenters. The monoisotopic (exact) mass is 287 g/mol. The van der Waals surface area contributed by atoms with Crippen LogP contribution in [0.3, 0.4) is 0 Å². The van der Waals surface area contributed by atoms with Gasteiger partial charge in [0.05, 0.1) is 22.7 Å². The summed E-state index contributed by atoms with van der Waals surface area (Å²) in [6, 6.07) is 15.8. The van der Waals surface area contributed by atoms with Gasteiger partial charge in [-0.1, -0.05) is 24.3 Å². The van der Waals surface area contributed by atoms with E-state index in [1.165, 1.54) is 0 Å². The van der Waals surface area contributed by atoms with Crippen LogP contribution in [0.25, 0.3) is 5.52 Å². The molecule has 0 saturated heterocycles. The summed E-state index contributed by atoms with van der Waals surface area (Å²) in [5.41, 5.74) is 1.61. The summed E-state index contributed by atoms with van der Waals surface area (Å²) < 4.78 is 28.4. The van der Waals surface area contributed by atoms with Crippen LogP contribution in [-0.4, -0.2) is 18.0 Å². The quantitative estimate of drug-likeness (QED) is 0.796. The number of pyridine rings is 1. The van der Waals surface area contributed by atoms with Crippen LogP contribution in [0.1, 0.15) is 5.69 Å². The highest BCUT2D eigenvalue weighted by Gasteiger charge is 2.13. The molecule has 0 fully saturated rings. The zero-order valence-corrected chi connectivity index (χ0v) is 11.4. The Morgan fingerprint density at radius 1 is 1.05 bits per heavy atom. The highest BCUT2D eigenvalue weighted by atomic mass is 32.2. The summed E-state index contributed by atoms with van der Waals surface area (Å²) in [6.45, 7) is 0.166. The van der Waals surface area contributed by atoms with E-state index in [4.69, 9.17) is 0 Å². The lowest BCUT2D eigenvalue weighted by molar-refractivity contribution is 0.580. The number of nitrogens with zero attached hydrogens (tertiary/aromatic N) is 2. The molecule has 3 rings (SSSR count). The van der Waals surface area contributed by atoms with Crippen molar-refractivity contribution >= 4 is 15.5 Å². The molecule has 102 valence electrons. The Morgan fingerprint density at radius 3 is 2.55 bits per heavy atom. The molecule has 0 spiro atoms. The Balaban J connectivity index is 1.79. The highest BCUT2D eigenvalue weighted by molar-refractivity contribution is 7.89. The predicted octanol–water partition coefficient (Wildman–Crippen LogP) is 1.81. The van der Waals surface area contributed by atoms with Crippen LogP contribution in [0.5, 0.6) is 0 Å². The van der Waals surface area contributed by atoms with Gasteiger partial charge in [-0.2, -0.15) is 5.10 Å². The number of hydrogen-bond donors (Lipinski definition) is 1. The smallest absolute Gasteiger partial charge is 0.240 e. The second-order valence-corrected chi connectivity index (χ2v) is 6.11. The molecule has 0 bridgehead atoms. The van der Waals surface area contributed by atoms with Crippen molar-refractivity contribution in [2.45, 2.75) is 11.4 Å². The van der Waals surface area contributed by atoms with E-state index in [2.05, 4.69) is 9.82 Å². The van der Waals surface area contributed by atoms with Gasteiger partial charge in [-0.05, 0) is 30.3 Å². The van der Waals surface area contributed by atoms with Crippen molar-refractivity contribution in [3.05, 3.63) is 66.5 Å². The fourth-order valence-electron chi connectivity index (χ4n) is 1.93. The molecule has 0 saturated carbocycles. The topological polar surface area (TPSA) is 63.5 Å².